The van der Waals surface area contributed by atoms with Crippen molar-refractivity contribution in [3.05, 3.63) is 83.6 Å². The highest BCUT2D eigenvalue weighted by Crippen LogP contribution is 2.25. The van der Waals surface area contributed by atoms with Gasteiger partial charge in [-0.3, -0.25) is 4.79 Å². The molecule has 140 valence electrons. The quantitative estimate of drug-likeness (QED) is 0.684. The van der Waals surface area contributed by atoms with E-state index < -0.39 is 23.6 Å². The minimum Gasteiger partial charge on any atom is -0.320 e. The Morgan fingerprint density at radius 3 is 2.36 bits per heavy atom. The van der Waals surface area contributed by atoms with E-state index in [9.17, 15) is 13.6 Å². The fourth-order valence-corrected chi connectivity index (χ4v) is 2.46. The molecule has 0 spiro atoms. The number of benzene rings is 2. The molecule has 1 atom stereocenters. The van der Waals surface area contributed by atoms with E-state index in [0.717, 1.165) is 11.6 Å². The van der Waals surface area contributed by atoms with Gasteiger partial charge in [-0.05, 0) is 54.8 Å². The molecule has 1 aromatic heterocycles. The second-order valence-corrected chi connectivity index (χ2v) is 6.14. The maximum absolute atomic E-state index is 13.7. The van der Waals surface area contributed by atoms with Gasteiger partial charge in [0.05, 0.1) is 6.04 Å². The summed E-state index contributed by atoms with van der Waals surface area (Å²) in [6, 6.07) is 14.8. The first-order chi connectivity index (χ1) is 13.4. The third kappa shape index (κ3) is 4.78. The molecule has 0 saturated carbocycles. The van der Waals surface area contributed by atoms with Crippen LogP contribution < -0.4 is 11.1 Å². The fourth-order valence-electron chi connectivity index (χ4n) is 2.46. The molecular formula is C22H17F2N3O. The highest BCUT2D eigenvalue weighted by atomic mass is 19.1. The van der Waals surface area contributed by atoms with E-state index in [1.165, 1.54) is 18.2 Å². The van der Waals surface area contributed by atoms with Crippen molar-refractivity contribution in [2.45, 2.75) is 13.0 Å². The van der Waals surface area contributed by atoms with E-state index in [1.807, 2.05) is 30.3 Å². The van der Waals surface area contributed by atoms with Gasteiger partial charge in [0, 0.05) is 17.2 Å². The standard InChI is InChI=1S/C22H17F2N3O/c1-14(25)22(28)27-21-10-8-19(16-11-17(23)13-18(24)12-16)20(26-21)9-7-15-5-3-2-4-6-15/h2-6,8,10-14H,25H2,1H3,(H,26,27,28). The van der Waals surface area contributed by atoms with Gasteiger partial charge in [-0.15, -0.1) is 0 Å². The lowest BCUT2D eigenvalue weighted by Crippen LogP contribution is -2.32. The van der Waals surface area contributed by atoms with E-state index in [-0.39, 0.29) is 11.5 Å². The first-order valence-corrected chi connectivity index (χ1v) is 8.53. The number of halogens is 2. The Morgan fingerprint density at radius 2 is 1.71 bits per heavy atom. The van der Waals surface area contributed by atoms with Crippen LogP contribution in [0, 0.1) is 23.5 Å². The number of nitrogens with two attached hydrogens (primary N) is 1. The zero-order valence-corrected chi connectivity index (χ0v) is 15.0. The number of amides is 1. The summed E-state index contributed by atoms with van der Waals surface area (Å²) in [6.45, 7) is 1.55. The lowest BCUT2D eigenvalue weighted by Gasteiger charge is -2.10. The van der Waals surface area contributed by atoms with Crippen LogP contribution in [0.2, 0.25) is 0 Å². The number of hydrogen-bond acceptors (Lipinski definition) is 3. The van der Waals surface area contributed by atoms with Crippen molar-refractivity contribution in [1.82, 2.24) is 4.98 Å². The highest BCUT2D eigenvalue weighted by Gasteiger charge is 2.12. The molecule has 1 amide bonds. The third-order valence-corrected chi connectivity index (χ3v) is 3.83. The molecule has 28 heavy (non-hydrogen) atoms. The summed E-state index contributed by atoms with van der Waals surface area (Å²) in [5.41, 5.74) is 7.33. The summed E-state index contributed by atoms with van der Waals surface area (Å²) >= 11 is 0. The Balaban J connectivity index is 2.08. The van der Waals surface area contributed by atoms with Crippen molar-refractivity contribution in [3.8, 4) is 23.0 Å². The Kier molecular flexibility index (Phi) is 5.78. The zero-order valence-electron chi connectivity index (χ0n) is 15.0. The van der Waals surface area contributed by atoms with Gasteiger partial charge in [0.15, 0.2) is 0 Å². The molecule has 1 unspecified atom stereocenters. The van der Waals surface area contributed by atoms with Crippen LogP contribution in [0.15, 0.2) is 60.7 Å². The average molecular weight is 377 g/mol. The Bertz CT molecular complexity index is 1050. The Hall–Kier alpha value is -3.56. The molecule has 1 heterocycles. The zero-order chi connectivity index (χ0) is 20.1. The van der Waals surface area contributed by atoms with Crippen LogP contribution in [0.1, 0.15) is 18.2 Å². The molecule has 0 aliphatic rings. The molecule has 0 aliphatic heterocycles. The second kappa shape index (κ2) is 8.42. The van der Waals surface area contributed by atoms with Crippen LogP contribution in [0.25, 0.3) is 11.1 Å². The topological polar surface area (TPSA) is 68.0 Å². The first kappa shape index (κ1) is 19.2. The van der Waals surface area contributed by atoms with Gasteiger partial charge in [0.2, 0.25) is 5.91 Å². The summed E-state index contributed by atoms with van der Waals surface area (Å²) in [5, 5.41) is 2.59. The lowest BCUT2D eigenvalue weighted by molar-refractivity contribution is -0.117. The summed E-state index contributed by atoms with van der Waals surface area (Å²) in [5.74, 6) is 4.33. The lowest BCUT2D eigenvalue weighted by atomic mass is 10.0. The van der Waals surface area contributed by atoms with Crippen molar-refractivity contribution in [3.63, 3.8) is 0 Å². The van der Waals surface area contributed by atoms with Crippen LogP contribution in [-0.4, -0.2) is 16.9 Å². The van der Waals surface area contributed by atoms with Gasteiger partial charge in [0.25, 0.3) is 0 Å². The highest BCUT2D eigenvalue weighted by molar-refractivity contribution is 5.93. The molecule has 4 nitrogen and oxygen atoms in total. The molecule has 3 rings (SSSR count). The van der Waals surface area contributed by atoms with Crippen LogP contribution in [0.5, 0.6) is 0 Å². The monoisotopic (exact) mass is 377 g/mol. The van der Waals surface area contributed by atoms with E-state index in [4.69, 9.17) is 5.73 Å². The summed E-state index contributed by atoms with van der Waals surface area (Å²) < 4.78 is 27.3. The number of nitrogens with zero attached hydrogens (tertiary/aromatic N) is 1. The number of carbonyl (C=O) groups is 1. The largest absolute Gasteiger partial charge is 0.320 e. The summed E-state index contributed by atoms with van der Waals surface area (Å²) in [4.78, 5) is 16.2. The molecule has 0 saturated heterocycles. The van der Waals surface area contributed by atoms with Gasteiger partial charge >= 0.3 is 0 Å². The molecule has 3 N–H and O–H groups in total. The number of carbonyl (C=O) groups excluding carboxylic acids is 1. The number of anilines is 1. The van der Waals surface area contributed by atoms with Crippen LogP contribution in [0.3, 0.4) is 0 Å². The minimum atomic E-state index is -0.711. The third-order valence-electron chi connectivity index (χ3n) is 3.83. The van der Waals surface area contributed by atoms with Crippen molar-refractivity contribution in [1.29, 1.82) is 0 Å². The SMILES string of the molecule is CC(N)C(=O)Nc1ccc(-c2cc(F)cc(F)c2)c(C#Cc2ccccc2)n1. The number of hydrogen-bond donors (Lipinski definition) is 2. The molecule has 3 aromatic rings. The van der Waals surface area contributed by atoms with Crippen LogP contribution in [-0.2, 0) is 4.79 Å². The maximum atomic E-state index is 13.7. The van der Waals surface area contributed by atoms with E-state index in [2.05, 4.69) is 22.1 Å². The molecule has 6 heteroatoms. The van der Waals surface area contributed by atoms with Gasteiger partial charge < -0.3 is 11.1 Å². The Labute approximate surface area is 161 Å². The van der Waals surface area contributed by atoms with Gasteiger partial charge in [-0.25, -0.2) is 13.8 Å². The summed E-state index contributed by atoms with van der Waals surface area (Å²) in [7, 11) is 0. The predicted molar refractivity (Wildman–Crippen MR) is 104 cm³/mol. The van der Waals surface area contributed by atoms with Crippen molar-refractivity contribution < 1.29 is 13.6 Å². The molecular weight excluding hydrogens is 360 g/mol. The molecule has 0 radical (unpaired) electrons. The minimum absolute atomic E-state index is 0.250. The van der Waals surface area contributed by atoms with Gasteiger partial charge in [0.1, 0.15) is 23.1 Å². The van der Waals surface area contributed by atoms with E-state index >= 15 is 0 Å². The normalized spacial score (nSPS) is 11.3. The fraction of sp³-hybridized carbons (Fsp3) is 0.0909. The molecule has 2 aromatic carbocycles. The molecule has 0 aliphatic carbocycles. The predicted octanol–water partition coefficient (Wildman–Crippen LogP) is 3.71. The van der Waals surface area contributed by atoms with Crippen molar-refractivity contribution in [2.75, 3.05) is 5.32 Å². The number of nitrogens with one attached hydrogen (secondary N) is 1. The van der Waals surface area contributed by atoms with Crippen LogP contribution in [0.4, 0.5) is 14.6 Å². The number of rotatable bonds is 3. The van der Waals surface area contributed by atoms with Crippen LogP contribution >= 0.6 is 0 Å². The van der Waals surface area contributed by atoms with Gasteiger partial charge in [-0.1, -0.05) is 24.1 Å². The molecule has 0 fully saturated rings. The number of pyridine rings is 1. The van der Waals surface area contributed by atoms with Crippen molar-refractivity contribution in [2.24, 2.45) is 5.73 Å². The maximum Gasteiger partial charge on any atom is 0.242 e. The van der Waals surface area contributed by atoms with E-state index in [0.29, 0.717) is 11.1 Å². The first-order valence-electron chi connectivity index (χ1n) is 8.53. The summed E-state index contributed by atoms with van der Waals surface area (Å²) in [6.07, 6.45) is 0. The van der Waals surface area contributed by atoms with Crippen molar-refractivity contribution >= 4 is 11.7 Å². The molecule has 0 bridgehead atoms. The average Bonchev–Trinajstić information content (AvgIpc) is 2.66. The second-order valence-electron chi connectivity index (χ2n) is 6.14. The van der Waals surface area contributed by atoms with E-state index in [1.54, 1.807) is 13.0 Å². The van der Waals surface area contributed by atoms with Gasteiger partial charge in [-0.2, -0.15) is 0 Å². The smallest absolute Gasteiger partial charge is 0.242 e. The Morgan fingerprint density at radius 1 is 1.04 bits per heavy atom. The number of aromatic nitrogens is 1.